The van der Waals surface area contributed by atoms with Gasteiger partial charge in [0.1, 0.15) is 5.75 Å². The maximum Gasteiger partial charge on any atom is 0.115 e. The fourth-order valence-corrected chi connectivity index (χ4v) is 1.42. The van der Waals surface area contributed by atoms with E-state index in [-0.39, 0.29) is 0 Å². The number of aromatic hydroxyl groups is 1. The first-order chi connectivity index (χ1) is 6.72. The van der Waals surface area contributed by atoms with Gasteiger partial charge >= 0.3 is 0 Å². The van der Waals surface area contributed by atoms with Gasteiger partial charge < -0.3 is 10.4 Å². The highest BCUT2D eigenvalue weighted by Gasteiger charge is 2.00. The lowest BCUT2D eigenvalue weighted by Crippen LogP contribution is -2.14. The van der Waals surface area contributed by atoms with Crippen molar-refractivity contribution in [1.29, 1.82) is 0 Å². The first-order valence-electron chi connectivity index (χ1n) is 5.28. The van der Waals surface area contributed by atoms with Gasteiger partial charge in [0.05, 0.1) is 0 Å². The molecule has 0 fully saturated rings. The summed E-state index contributed by atoms with van der Waals surface area (Å²) in [5, 5.41) is 12.5. The lowest BCUT2D eigenvalue weighted by Gasteiger charge is -2.14. The van der Waals surface area contributed by atoms with E-state index >= 15 is 0 Å². The summed E-state index contributed by atoms with van der Waals surface area (Å²) in [5.74, 6) is 0.316. The minimum absolute atomic E-state index is 0.316. The lowest BCUT2D eigenvalue weighted by atomic mass is 10.1. The molecule has 0 spiro atoms. The number of nitrogens with one attached hydrogen (secondary N) is 1. The number of hydrogen-bond donors (Lipinski definition) is 2. The zero-order chi connectivity index (χ0) is 10.4. The molecule has 0 aromatic heterocycles. The van der Waals surface area contributed by atoms with Gasteiger partial charge in [-0.2, -0.15) is 0 Å². The second kappa shape index (κ2) is 5.53. The van der Waals surface area contributed by atoms with Crippen LogP contribution in [0, 0.1) is 0 Å². The molecule has 0 heterocycles. The van der Waals surface area contributed by atoms with Crippen LogP contribution in [0.1, 0.15) is 33.1 Å². The summed E-state index contributed by atoms with van der Waals surface area (Å²) in [5.41, 5.74) is 1.08. The van der Waals surface area contributed by atoms with E-state index in [0.29, 0.717) is 11.8 Å². The quantitative estimate of drug-likeness (QED) is 0.702. The minimum Gasteiger partial charge on any atom is -0.508 e. The van der Waals surface area contributed by atoms with Crippen molar-refractivity contribution in [1.82, 2.24) is 0 Å². The topological polar surface area (TPSA) is 32.3 Å². The van der Waals surface area contributed by atoms with Gasteiger partial charge in [-0.15, -0.1) is 0 Å². The fourth-order valence-electron chi connectivity index (χ4n) is 1.42. The minimum atomic E-state index is 0.316. The molecule has 0 saturated carbocycles. The molecule has 0 radical (unpaired) electrons. The highest BCUT2D eigenvalue weighted by molar-refractivity contribution is 5.46. The van der Waals surface area contributed by atoms with Crippen molar-refractivity contribution in [3.63, 3.8) is 0 Å². The van der Waals surface area contributed by atoms with Crippen LogP contribution >= 0.6 is 0 Å². The Morgan fingerprint density at radius 2 is 1.93 bits per heavy atom. The largest absolute Gasteiger partial charge is 0.508 e. The molecule has 0 aliphatic rings. The monoisotopic (exact) mass is 193 g/mol. The predicted molar refractivity (Wildman–Crippen MR) is 60.7 cm³/mol. The van der Waals surface area contributed by atoms with E-state index in [1.165, 1.54) is 19.3 Å². The molecular weight excluding hydrogens is 174 g/mol. The van der Waals surface area contributed by atoms with E-state index in [4.69, 9.17) is 5.11 Å². The van der Waals surface area contributed by atoms with Crippen molar-refractivity contribution in [3.8, 4) is 5.75 Å². The molecule has 1 rings (SSSR count). The van der Waals surface area contributed by atoms with Crippen molar-refractivity contribution in [2.45, 2.75) is 39.2 Å². The summed E-state index contributed by atoms with van der Waals surface area (Å²) in [4.78, 5) is 0. The number of phenolic OH excluding ortho intramolecular Hbond substituents is 1. The van der Waals surface area contributed by atoms with Crippen LogP contribution in [-0.4, -0.2) is 11.1 Å². The molecule has 0 saturated heterocycles. The van der Waals surface area contributed by atoms with Crippen LogP contribution in [0.25, 0.3) is 0 Å². The molecule has 1 aromatic rings. The van der Waals surface area contributed by atoms with Crippen LogP contribution in [0.2, 0.25) is 0 Å². The van der Waals surface area contributed by atoms with Crippen LogP contribution in [0.5, 0.6) is 5.75 Å². The van der Waals surface area contributed by atoms with Crippen LogP contribution in [0.4, 0.5) is 5.69 Å². The van der Waals surface area contributed by atoms with Gasteiger partial charge in [0.25, 0.3) is 0 Å². The first-order valence-corrected chi connectivity index (χ1v) is 5.28. The Kier molecular flexibility index (Phi) is 4.30. The van der Waals surface area contributed by atoms with Gasteiger partial charge in [-0.05, 0) is 37.6 Å². The molecule has 14 heavy (non-hydrogen) atoms. The van der Waals surface area contributed by atoms with Crippen LogP contribution < -0.4 is 5.32 Å². The van der Waals surface area contributed by atoms with Gasteiger partial charge in [-0.3, -0.25) is 0 Å². The Hall–Kier alpha value is -1.18. The molecule has 2 nitrogen and oxygen atoms in total. The number of unbranched alkanes of at least 4 members (excludes halogenated alkanes) is 1. The highest BCUT2D eigenvalue weighted by Crippen LogP contribution is 2.15. The van der Waals surface area contributed by atoms with Gasteiger partial charge in [-0.25, -0.2) is 0 Å². The Morgan fingerprint density at radius 3 is 2.50 bits per heavy atom. The molecular formula is C12H19NO. The van der Waals surface area contributed by atoms with Gasteiger partial charge in [0, 0.05) is 11.7 Å². The van der Waals surface area contributed by atoms with Crippen LogP contribution in [-0.2, 0) is 0 Å². The van der Waals surface area contributed by atoms with Gasteiger partial charge in [0.2, 0.25) is 0 Å². The van der Waals surface area contributed by atoms with E-state index in [0.717, 1.165) is 5.69 Å². The molecule has 0 aliphatic carbocycles. The van der Waals surface area contributed by atoms with E-state index < -0.39 is 0 Å². The van der Waals surface area contributed by atoms with Gasteiger partial charge in [0.15, 0.2) is 0 Å². The summed E-state index contributed by atoms with van der Waals surface area (Å²) in [6.07, 6.45) is 3.69. The maximum absolute atomic E-state index is 9.10. The average molecular weight is 193 g/mol. The molecule has 1 aromatic carbocycles. The van der Waals surface area contributed by atoms with E-state index in [9.17, 15) is 0 Å². The standard InChI is InChI=1S/C12H19NO/c1-3-4-5-10(2)13-11-6-8-12(14)9-7-11/h6-10,13-14H,3-5H2,1-2H3. The highest BCUT2D eigenvalue weighted by atomic mass is 16.3. The predicted octanol–water partition coefficient (Wildman–Crippen LogP) is 3.38. The van der Waals surface area contributed by atoms with E-state index in [1.807, 2.05) is 12.1 Å². The Morgan fingerprint density at radius 1 is 1.29 bits per heavy atom. The summed E-state index contributed by atoms with van der Waals surface area (Å²) in [6.45, 7) is 4.38. The van der Waals surface area contributed by atoms with E-state index in [1.54, 1.807) is 12.1 Å². The van der Waals surface area contributed by atoms with Crippen molar-refractivity contribution in [3.05, 3.63) is 24.3 Å². The lowest BCUT2D eigenvalue weighted by molar-refractivity contribution is 0.475. The smallest absolute Gasteiger partial charge is 0.115 e. The number of rotatable bonds is 5. The molecule has 78 valence electrons. The summed E-state index contributed by atoms with van der Waals surface area (Å²) < 4.78 is 0. The summed E-state index contributed by atoms with van der Waals surface area (Å²) >= 11 is 0. The molecule has 2 N–H and O–H groups in total. The molecule has 0 aliphatic heterocycles. The number of anilines is 1. The van der Waals surface area contributed by atoms with Crippen molar-refractivity contribution >= 4 is 5.69 Å². The van der Waals surface area contributed by atoms with Gasteiger partial charge in [-0.1, -0.05) is 19.8 Å². The zero-order valence-electron chi connectivity index (χ0n) is 8.96. The third kappa shape index (κ3) is 3.69. The van der Waals surface area contributed by atoms with Crippen molar-refractivity contribution in [2.24, 2.45) is 0 Å². The Labute approximate surface area is 86.0 Å². The number of benzene rings is 1. The zero-order valence-corrected chi connectivity index (χ0v) is 8.96. The fraction of sp³-hybridized carbons (Fsp3) is 0.500. The molecule has 1 unspecified atom stereocenters. The number of hydrogen-bond acceptors (Lipinski definition) is 2. The van der Waals surface area contributed by atoms with E-state index in [2.05, 4.69) is 19.2 Å². The second-order valence-electron chi connectivity index (χ2n) is 3.73. The second-order valence-corrected chi connectivity index (χ2v) is 3.73. The summed E-state index contributed by atoms with van der Waals surface area (Å²) in [6, 6.07) is 7.71. The van der Waals surface area contributed by atoms with Crippen LogP contribution in [0.15, 0.2) is 24.3 Å². The normalized spacial score (nSPS) is 12.4. The van der Waals surface area contributed by atoms with Crippen molar-refractivity contribution < 1.29 is 5.11 Å². The Balaban J connectivity index is 2.39. The molecule has 0 bridgehead atoms. The molecule has 0 amide bonds. The maximum atomic E-state index is 9.10. The third-order valence-electron chi connectivity index (χ3n) is 2.27. The average Bonchev–Trinajstić information content (AvgIpc) is 2.18. The Bertz CT molecular complexity index is 256. The van der Waals surface area contributed by atoms with Crippen molar-refractivity contribution in [2.75, 3.05) is 5.32 Å². The molecule has 2 heteroatoms. The number of phenols is 1. The SMILES string of the molecule is CCCCC(C)Nc1ccc(O)cc1. The molecule has 1 atom stereocenters. The first kappa shape index (κ1) is 10.9. The third-order valence-corrected chi connectivity index (χ3v) is 2.27. The van der Waals surface area contributed by atoms with Crippen LogP contribution in [0.3, 0.4) is 0 Å². The summed E-state index contributed by atoms with van der Waals surface area (Å²) in [7, 11) is 0.